The maximum absolute atomic E-state index is 12.2. The summed E-state index contributed by atoms with van der Waals surface area (Å²) in [5.41, 5.74) is 2.09. The van der Waals surface area contributed by atoms with Crippen molar-refractivity contribution in [3.05, 3.63) is 29.8 Å². The highest BCUT2D eigenvalue weighted by molar-refractivity contribution is 5.44. The topological polar surface area (TPSA) is 15.3 Å². The Kier molecular flexibility index (Phi) is 5.47. The van der Waals surface area contributed by atoms with Crippen molar-refractivity contribution in [1.82, 2.24) is 4.90 Å². The molecule has 0 saturated heterocycles. The molecule has 0 aliphatic heterocycles. The first-order valence-corrected chi connectivity index (χ1v) is 6.00. The van der Waals surface area contributed by atoms with Crippen molar-refractivity contribution in [2.45, 2.75) is 20.0 Å². The van der Waals surface area contributed by atoms with E-state index in [1.54, 1.807) is 6.92 Å². The Bertz CT molecular complexity index is 346. The maximum Gasteiger partial charge on any atom is 0.401 e. The summed E-state index contributed by atoms with van der Waals surface area (Å²) in [7, 11) is 0. The predicted octanol–water partition coefficient (Wildman–Crippen LogP) is 3.29. The first kappa shape index (κ1) is 14.8. The first-order chi connectivity index (χ1) is 8.40. The third-order valence-electron chi connectivity index (χ3n) is 2.66. The van der Waals surface area contributed by atoms with Gasteiger partial charge in [-0.25, -0.2) is 0 Å². The van der Waals surface area contributed by atoms with Crippen LogP contribution in [0.25, 0.3) is 0 Å². The average Bonchev–Trinajstić information content (AvgIpc) is 2.29. The van der Waals surface area contributed by atoms with E-state index in [0.717, 1.165) is 11.3 Å². The molecule has 0 aromatic heterocycles. The van der Waals surface area contributed by atoms with Crippen molar-refractivity contribution >= 4 is 5.69 Å². The van der Waals surface area contributed by atoms with Gasteiger partial charge in [-0.3, -0.25) is 4.90 Å². The second-order valence-corrected chi connectivity index (χ2v) is 4.28. The number of halogens is 3. The summed E-state index contributed by atoms with van der Waals surface area (Å²) in [6.45, 7) is 4.16. The summed E-state index contributed by atoms with van der Waals surface area (Å²) in [6, 6.07) is 7.79. The number of hydrogen-bond donors (Lipinski definition) is 1. The van der Waals surface area contributed by atoms with Crippen LogP contribution < -0.4 is 5.32 Å². The lowest BCUT2D eigenvalue weighted by Crippen LogP contribution is -2.37. The molecule has 0 aliphatic rings. The monoisotopic (exact) mass is 260 g/mol. The van der Waals surface area contributed by atoms with Gasteiger partial charge in [0.15, 0.2) is 0 Å². The Hall–Kier alpha value is -1.23. The number of hydrogen-bond acceptors (Lipinski definition) is 2. The lowest BCUT2D eigenvalue weighted by molar-refractivity contribution is -0.145. The van der Waals surface area contributed by atoms with Gasteiger partial charge in [-0.2, -0.15) is 13.2 Å². The Balaban J connectivity index is 2.33. The highest BCUT2D eigenvalue weighted by atomic mass is 19.4. The van der Waals surface area contributed by atoms with Gasteiger partial charge in [0.25, 0.3) is 0 Å². The first-order valence-electron chi connectivity index (χ1n) is 6.00. The molecule has 0 aliphatic carbocycles. The molecule has 1 rings (SSSR count). The van der Waals surface area contributed by atoms with Gasteiger partial charge in [0.2, 0.25) is 0 Å². The molecule has 0 bridgehead atoms. The van der Waals surface area contributed by atoms with Crippen LogP contribution in [0.5, 0.6) is 0 Å². The molecule has 0 heterocycles. The van der Waals surface area contributed by atoms with E-state index in [1.165, 1.54) is 4.90 Å². The van der Waals surface area contributed by atoms with Crippen LogP contribution in [0.1, 0.15) is 12.5 Å². The molecule has 0 spiro atoms. The van der Waals surface area contributed by atoms with Gasteiger partial charge in [-0.1, -0.05) is 24.6 Å². The number of alkyl halides is 3. The zero-order valence-electron chi connectivity index (χ0n) is 10.7. The molecule has 0 saturated carbocycles. The van der Waals surface area contributed by atoms with E-state index in [4.69, 9.17) is 0 Å². The molecule has 1 N–H and O–H groups in total. The Morgan fingerprint density at radius 1 is 1.17 bits per heavy atom. The molecule has 18 heavy (non-hydrogen) atoms. The van der Waals surface area contributed by atoms with Crippen LogP contribution in [0.4, 0.5) is 18.9 Å². The molecule has 2 nitrogen and oxygen atoms in total. The van der Waals surface area contributed by atoms with Gasteiger partial charge in [-0.05, 0) is 25.6 Å². The Labute approximate surface area is 106 Å². The summed E-state index contributed by atoms with van der Waals surface area (Å²) < 4.78 is 36.7. The predicted molar refractivity (Wildman–Crippen MR) is 67.8 cm³/mol. The van der Waals surface area contributed by atoms with Gasteiger partial charge < -0.3 is 5.32 Å². The molecule has 0 atom stereocenters. The van der Waals surface area contributed by atoms with Crippen LogP contribution in [0, 0.1) is 6.92 Å². The third-order valence-corrected chi connectivity index (χ3v) is 2.66. The standard InChI is InChI=1S/C13H19F3N2/c1-3-18(10-13(14,15)16)9-8-17-12-6-4-11(2)5-7-12/h4-7,17H,3,8-10H2,1-2H3. The lowest BCUT2D eigenvalue weighted by atomic mass is 10.2. The van der Waals surface area contributed by atoms with Crippen LogP contribution in [0.3, 0.4) is 0 Å². The van der Waals surface area contributed by atoms with E-state index in [9.17, 15) is 13.2 Å². The minimum Gasteiger partial charge on any atom is -0.384 e. The van der Waals surface area contributed by atoms with E-state index >= 15 is 0 Å². The minimum atomic E-state index is -4.13. The van der Waals surface area contributed by atoms with Crippen LogP contribution in [-0.2, 0) is 0 Å². The van der Waals surface area contributed by atoms with E-state index in [1.807, 2.05) is 31.2 Å². The van der Waals surface area contributed by atoms with Crippen molar-refractivity contribution in [3.63, 3.8) is 0 Å². The fourth-order valence-electron chi connectivity index (χ4n) is 1.63. The van der Waals surface area contributed by atoms with Crippen LogP contribution >= 0.6 is 0 Å². The van der Waals surface area contributed by atoms with Crippen molar-refractivity contribution < 1.29 is 13.2 Å². The molecule has 0 unspecified atom stereocenters. The molecule has 5 heteroatoms. The largest absolute Gasteiger partial charge is 0.401 e. The summed E-state index contributed by atoms with van der Waals surface area (Å²) in [5.74, 6) is 0. The van der Waals surface area contributed by atoms with Crippen LogP contribution in [0.15, 0.2) is 24.3 Å². The zero-order valence-corrected chi connectivity index (χ0v) is 10.7. The van der Waals surface area contributed by atoms with E-state index in [0.29, 0.717) is 19.6 Å². The number of benzene rings is 1. The summed E-state index contributed by atoms with van der Waals surface area (Å²) in [4.78, 5) is 1.38. The molecular weight excluding hydrogens is 241 g/mol. The van der Waals surface area contributed by atoms with Gasteiger partial charge in [0.1, 0.15) is 0 Å². The number of rotatable bonds is 6. The van der Waals surface area contributed by atoms with Crippen molar-refractivity contribution in [2.75, 3.05) is 31.5 Å². The molecule has 0 amide bonds. The quantitative estimate of drug-likeness (QED) is 0.844. The molecule has 102 valence electrons. The Morgan fingerprint density at radius 3 is 2.28 bits per heavy atom. The smallest absolute Gasteiger partial charge is 0.384 e. The van der Waals surface area contributed by atoms with Crippen LogP contribution in [-0.4, -0.2) is 37.3 Å². The molecule has 1 aromatic carbocycles. The highest BCUT2D eigenvalue weighted by Gasteiger charge is 2.29. The molecule has 1 aromatic rings. The number of nitrogens with one attached hydrogen (secondary N) is 1. The van der Waals surface area contributed by atoms with Crippen molar-refractivity contribution in [3.8, 4) is 0 Å². The lowest BCUT2D eigenvalue weighted by Gasteiger charge is -2.22. The number of aryl methyl sites for hydroxylation is 1. The summed E-state index contributed by atoms with van der Waals surface area (Å²) in [6.07, 6.45) is -4.13. The van der Waals surface area contributed by atoms with Gasteiger partial charge in [-0.15, -0.1) is 0 Å². The van der Waals surface area contributed by atoms with Crippen LogP contribution in [0.2, 0.25) is 0 Å². The minimum absolute atomic E-state index is 0.379. The molecule has 0 fully saturated rings. The second-order valence-electron chi connectivity index (χ2n) is 4.28. The SMILES string of the molecule is CCN(CCNc1ccc(C)cc1)CC(F)(F)F. The van der Waals surface area contributed by atoms with Gasteiger partial charge >= 0.3 is 6.18 Å². The van der Waals surface area contributed by atoms with E-state index in [2.05, 4.69) is 5.32 Å². The molecular formula is C13H19F3N2. The zero-order chi connectivity index (χ0) is 13.6. The van der Waals surface area contributed by atoms with Gasteiger partial charge in [0, 0.05) is 18.8 Å². The average molecular weight is 260 g/mol. The van der Waals surface area contributed by atoms with E-state index < -0.39 is 12.7 Å². The summed E-state index contributed by atoms with van der Waals surface area (Å²) in [5, 5.41) is 3.11. The maximum atomic E-state index is 12.2. The summed E-state index contributed by atoms with van der Waals surface area (Å²) >= 11 is 0. The second kappa shape index (κ2) is 6.64. The third kappa shape index (κ3) is 5.91. The highest BCUT2D eigenvalue weighted by Crippen LogP contribution is 2.16. The number of anilines is 1. The molecule has 0 radical (unpaired) electrons. The van der Waals surface area contributed by atoms with Gasteiger partial charge in [0.05, 0.1) is 6.54 Å². The number of nitrogens with zero attached hydrogens (tertiary/aromatic N) is 1. The van der Waals surface area contributed by atoms with E-state index in [-0.39, 0.29) is 0 Å². The van der Waals surface area contributed by atoms with Crippen molar-refractivity contribution in [1.29, 1.82) is 0 Å². The number of likely N-dealkylation sites (N-methyl/N-ethyl adjacent to an activating group) is 1. The Morgan fingerprint density at radius 2 is 1.78 bits per heavy atom. The normalized spacial score (nSPS) is 11.9. The fourth-order valence-corrected chi connectivity index (χ4v) is 1.63. The van der Waals surface area contributed by atoms with Crippen molar-refractivity contribution in [2.24, 2.45) is 0 Å². The fraction of sp³-hybridized carbons (Fsp3) is 0.538.